The fourth-order valence-corrected chi connectivity index (χ4v) is 2.53. The molecule has 1 aliphatic heterocycles. The van der Waals surface area contributed by atoms with Crippen LogP contribution in [0.4, 0.5) is 0 Å². The normalized spacial score (nSPS) is 15.7. The van der Waals surface area contributed by atoms with Crippen LogP contribution in [0.15, 0.2) is 36.5 Å². The van der Waals surface area contributed by atoms with Crippen molar-refractivity contribution >= 4 is 16.8 Å². The summed E-state index contributed by atoms with van der Waals surface area (Å²) in [6.45, 7) is 3.45. The lowest BCUT2D eigenvalue weighted by atomic mass is 10.2. The van der Waals surface area contributed by atoms with Crippen molar-refractivity contribution in [3.8, 4) is 5.75 Å². The Morgan fingerprint density at radius 1 is 1.24 bits per heavy atom. The Kier molecular flexibility index (Phi) is 4.31. The number of nitrogens with one attached hydrogen (secondary N) is 1. The third-order valence-corrected chi connectivity index (χ3v) is 3.65. The van der Waals surface area contributed by atoms with E-state index in [1.807, 2.05) is 35.2 Å². The average molecular weight is 285 g/mol. The van der Waals surface area contributed by atoms with Crippen molar-refractivity contribution < 1.29 is 9.53 Å². The van der Waals surface area contributed by atoms with Crippen LogP contribution in [0.25, 0.3) is 10.9 Å². The molecule has 1 saturated heterocycles. The Bertz CT molecular complexity index is 616. The Labute approximate surface area is 123 Å². The third-order valence-electron chi connectivity index (χ3n) is 3.65. The van der Waals surface area contributed by atoms with Gasteiger partial charge in [0.25, 0.3) is 5.91 Å². The van der Waals surface area contributed by atoms with Crippen molar-refractivity contribution in [2.24, 2.45) is 0 Å². The van der Waals surface area contributed by atoms with Gasteiger partial charge in [0.1, 0.15) is 5.75 Å². The minimum absolute atomic E-state index is 0.0413. The minimum atomic E-state index is 0.0413. The molecular formula is C16H19N3O2. The van der Waals surface area contributed by atoms with Gasteiger partial charge in [-0.25, -0.2) is 0 Å². The van der Waals surface area contributed by atoms with E-state index in [4.69, 9.17) is 4.74 Å². The molecule has 110 valence electrons. The number of ether oxygens (including phenoxy) is 1. The summed E-state index contributed by atoms with van der Waals surface area (Å²) in [6.07, 6.45) is 2.74. The fourth-order valence-electron chi connectivity index (χ4n) is 2.53. The van der Waals surface area contributed by atoms with E-state index in [0.717, 1.165) is 43.5 Å². The molecule has 1 N–H and O–H groups in total. The number of aromatic nitrogens is 1. The van der Waals surface area contributed by atoms with Gasteiger partial charge in [-0.3, -0.25) is 9.78 Å². The van der Waals surface area contributed by atoms with Crippen LogP contribution in [0.5, 0.6) is 5.75 Å². The lowest BCUT2D eigenvalue weighted by Gasteiger charge is -2.20. The average Bonchev–Trinajstić information content (AvgIpc) is 2.82. The molecule has 3 rings (SSSR count). The number of benzene rings is 1. The van der Waals surface area contributed by atoms with Gasteiger partial charge in [0.2, 0.25) is 0 Å². The van der Waals surface area contributed by atoms with Gasteiger partial charge < -0.3 is 15.0 Å². The number of hydrogen-bond donors (Lipinski definition) is 1. The summed E-state index contributed by atoms with van der Waals surface area (Å²) in [5, 5.41) is 4.22. The molecule has 5 heteroatoms. The molecule has 0 saturated carbocycles. The maximum absolute atomic E-state index is 12.2. The van der Waals surface area contributed by atoms with Crippen molar-refractivity contribution in [1.29, 1.82) is 0 Å². The van der Waals surface area contributed by atoms with E-state index in [1.54, 1.807) is 6.20 Å². The SMILES string of the molecule is O=C(COc1cccc2ncccc12)N1CCCNCC1. The van der Waals surface area contributed by atoms with Gasteiger partial charge in [0.15, 0.2) is 6.61 Å². The number of fused-ring (bicyclic) bond motifs is 1. The Balaban J connectivity index is 1.67. The van der Waals surface area contributed by atoms with E-state index in [2.05, 4.69) is 10.3 Å². The Morgan fingerprint density at radius 2 is 2.19 bits per heavy atom. The van der Waals surface area contributed by atoms with Crippen molar-refractivity contribution in [3.05, 3.63) is 36.5 Å². The first kappa shape index (κ1) is 13.8. The Morgan fingerprint density at radius 3 is 3.14 bits per heavy atom. The van der Waals surface area contributed by atoms with Gasteiger partial charge in [-0.05, 0) is 37.2 Å². The number of carbonyl (C=O) groups is 1. The number of nitrogens with zero attached hydrogens (tertiary/aromatic N) is 2. The number of rotatable bonds is 3. The van der Waals surface area contributed by atoms with Gasteiger partial charge in [0.05, 0.1) is 5.52 Å². The lowest BCUT2D eigenvalue weighted by molar-refractivity contribution is -0.133. The molecule has 2 aromatic rings. The standard InChI is InChI=1S/C16H19N3O2/c20-16(19-10-3-7-17-9-11-19)12-21-15-6-1-5-14-13(15)4-2-8-18-14/h1-2,4-6,8,17H,3,7,9-12H2. The topological polar surface area (TPSA) is 54.5 Å². The van der Waals surface area contributed by atoms with Gasteiger partial charge in [-0.1, -0.05) is 6.07 Å². The summed E-state index contributed by atoms with van der Waals surface area (Å²) >= 11 is 0. The van der Waals surface area contributed by atoms with E-state index in [0.29, 0.717) is 5.75 Å². The monoisotopic (exact) mass is 285 g/mol. The minimum Gasteiger partial charge on any atom is -0.483 e. The molecule has 0 atom stereocenters. The van der Waals surface area contributed by atoms with Crippen molar-refractivity contribution in [1.82, 2.24) is 15.2 Å². The van der Waals surface area contributed by atoms with E-state index < -0.39 is 0 Å². The van der Waals surface area contributed by atoms with E-state index >= 15 is 0 Å². The van der Waals surface area contributed by atoms with Crippen LogP contribution in [0.3, 0.4) is 0 Å². The quantitative estimate of drug-likeness (QED) is 0.927. The van der Waals surface area contributed by atoms with Gasteiger partial charge in [-0.15, -0.1) is 0 Å². The number of amides is 1. The van der Waals surface area contributed by atoms with Crippen LogP contribution in [0.1, 0.15) is 6.42 Å². The molecule has 21 heavy (non-hydrogen) atoms. The molecule has 0 radical (unpaired) electrons. The molecular weight excluding hydrogens is 266 g/mol. The van der Waals surface area contributed by atoms with Crippen molar-refractivity contribution in [3.63, 3.8) is 0 Å². The summed E-state index contributed by atoms with van der Waals surface area (Å²) in [6, 6.07) is 9.53. The molecule has 0 unspecified atom stereocenters. The second-order valence-electron chi connectivity index (χ2n) is 5.10. The predicted octanol–water partition coefficient (Wildman–Crippen LogP) is 1.44. The maximum atomic E-state index is 12.2. The highest BCUT2D eigenvalue weighted by atomic mass is 16.5. The largest absolute Gasteiger partial charge is 0.483 e. The zero-order chi connectivity index (χ0) is 14.5. The number of pyridine rings is 1. The molecule has 2 heterocycles. The summed E-state index contributed by atoms with van der Waals surface area (Å²) in [7, 11) is 0. The molecule has 0 spiro atoms. The molecule has 1 aromatic carbocycles. The summed E-state index contributed by atoms with van der Waals surface area (Å²) in [4.78, 5) is 18.4. The molecule has 0 bridgehead atoms. The molecule has 5 nitrogen and oxygen atoms in total. The first-order valence-electron chi connectivity index (χ1n) is 7.29. The highest BCUT2D eigenvalue weighted by Crippen LogP contribution is 2.23. The fraction of sp³-hybridized carbons (Fsp3) is 0.375. The highest BCUT2D eigenvalue weighted by Gasteiger charge is 2.16. The first-order chi connectivity index (χ1) is 10.3. The van der Waals surface area contributed by atoms with Crippen LogP contribution in [-0.4, -0.2) is 48.6 Å². The van der Waals surface area contributed by atoms with Crippen LogP contribution >= 0.6 is 0 Å². The van der Waals surface area contributed by atoms with Crippen LogP contribution in [0, 0.1) is 0 Å². The summed E-state index contributed by atoms with van der Waals surface area (Å²) < 4.78 is 5.72. The van der Waals surface area contributed by atoms with Gasteiger partial charge in [-0.2, -0.15) is 0 Å². The molecule has 1 aliphatic rings. The molecule has 1 aromatic heterocycles. The second kappa shape index (κ2) is 6.54. The molecule has 0 aliphatic carbocycles. The second-order valence-corrected chi connectivity index (χ2v) is 5.10. The maximum Gasteiger partial charge on any atom is 0.260 e. The Hall–Kier alpha value is -2.14. The van der Waals surface area contributed by atoms with Crippen LogP contribution in [-0.2, 0) is 4.79 Å². The summed E-state index contributed by atoms with van der Waals surface area (Å²) in [5.74, 6) is 0.751. The van der Waals surface area contributed by atoms with Crippen molar-refractivity contribution in [2.75, 3.05) is 32.8 Å². The van der Waals surface area contributed by atoms with Gasteiger partial charge in [0, 0.05) is 31.2 Å². The molecule has 1 amide bonds. The van der Waals surface area contributed by atoms with E-state index in [1.165, 1.54) is 0 Å². The number of carbonyl (C=O) groups excluding carboxylic acids is 1. The zero-order valence-corrected chi connectivity index (χ0v) is 11.9. The van der Waals surface area contributed by atoms with Crippen molar-refractivity contribution in [2.45, 2.75) is 6.42 Å². The highest BCUT2D eigenvalue weighted by molar-refractivity contribution is 5.85. The van der Waals surface area contributed by atoms with Crippen LogP contribution in [0.2, 0.25) is 0 Å². The van der Waals surface area contributed by atoms with Crippen LogP contribution < -0.4 is 10.1 Å². The predicted molar refractivity (Wildman–Crippen MR) is 81.3 cm³/mol. The zero-order valence-electron chi connectivity index (χ0n) is 11.9. The van der Waals surface area contributed by atoms with E-state index in [-0.39, 0.29) is 12.5 Å². The summed E-state index contributed by atoms with van der Waals surface area (Å²) in [5.41, 5.74) is 0.876. The van der Waals surface area contributed by atoms with E-state index in [9.17, 15) is 4.79 Å². The third kappa shape index (κ3) is 3.31. The smallest absolute Gasteiger partial charge is 0.260 e. The first-order valence-corrected chi connectivity index (χ1v) is 7.29. The van der Waals surface area contributed by atoms with Gasteiger partial charge >= 0.3 is 0 Å². The lowest BCUT2D eigenvalue weighted by Crippen LogP contribution is -2.37. The number of hydrogen-bond acceptors (Lipinski definition) is 4. The molecule has 1 fully saturated rings.